The van der Waals surface area contributed by atoms with Gasteiger partial charge in [0, 0.05) is 18.1 Å². The summed E-state index contributed by atoms with van der Waals surface area (Å²) in [5.41, 5.74) is 4.82. The van der Waals surface area contributed by atoms with E-state index in [1.165, 1.54) is 6.92 Å². The molecule has 2 amide bonds. The molecule has 154 valence electrons. The Kier molecular flexibility index (Phi) is 6.57. The largest absolute Gasteiger partial charge is 0.493 e. The van der Waals surface area contributed by atoms with E-state index < -0.39 is 6.04 Å². The fourth-order valence-electron chi connectivity index (χ4n) is 3.96. The van der Waals surface area contributed by atoms with Crippen LogP contribution in [0.15, 0.2) is 36.4 Å². The molecule has 1 heterocycles. The monoisotopic (exact) mass is 394 g/mol. The normalized spacial score (nSPS) is 15.4. The summed E-state index contributed by atoms with van der Waals surface area (Å²) in [5.74, 6) is 0.491. The van der Waals surface area contributed by atoms with Crippen molar-refractivity contribution in [3.63, 3.8) is 0 Å². The highest BCUT2D eigenvalue weighted by Crippen LogP contribution is 2.40. The molecule has 0 unspecified atom stereocenters. The van der Waals surface area contributed by atoms with Gasteiger partial charge in [-0.15, -0.1) is 0 Å². The Morgan fingerprint density at radius 3 is 2.66 bits per heavy atom. The SMILES string of the molecule is CCCCCOc1ccccc1CN1C(=O)[C@H](NC(C)=O)c2cc(C)cc(C)c21. The molecule has 1 N–H and O–H groups in total. The maximum atomic E-state index is 13.2. The zero-order valence-corrected chi connectivity index (χ0v) is 17.7. The van der Waals surface area contributed by atoms with Crippen molar-refractivity contribution in [2.75, 3.05) is 11.5 Å². The maximum Gasteiger partial charge on any atom is 0.254 e. The molecular weight excluding hydrogens is 364 g/mol. The molecule has 5 nitrogen and oxygen atoms in total. The van der Waals surface area contributed by atoms with Gasteiger partial charge in [-0.3, -0.25) is 9.59 Å². The second-order valence-electron chi connectivity index (χ2n) is 7.74. The Labute approximate surface area is 173 Å². The number of carbonyl (C=O) groups is 2. The fourth-order valence-corrected chi connectivity index (χ4v) is 3.96. The van der Waals surface area contributed by atoms with E-state index >= 15 is 0 Å². The Hall–Kier alpha value is -2.82. The minimum Gasteiger partial charge on any atom is -0.493 e. The van der Waals surface area contributed by atoms with Crippen molar-refractivity contribution in [1.29, 1.82) is 0 Å². The second-order valence-corrected chi connectivity index (χ2v) is 7.74. The summed E-state index contributed by atoms with van der Waals surface area (Å²) in [6.45, 7) is 8.70. The van der Waals surface area contributed by atoms with Crippen LogP contribution in [-0.4, -0.2) is 18.4 Å². The quantitative estimate of drug-likeness (QED) is 0.666. The minimum absolute atomic E-state index is 0.107. The number of benzene rings is 2. The van der Waals surface area contributed by atoms with Crippen molar-refractivity contribution in [3.05, 3.63) is 58.7 Å². The summed E-state index contributed by atoms with van der Waals surface area (Å²) in [7, 11) is 0. The molecule has 0 saturated carbocycles. The number of amides is 2. The molecule has 0 aliphatic carbocycles. The molecule has 0 saturated heterocycles. The molecule has 0 bridgehead atoms. The first-order valence-electron chi connectivity index (χ1n) is 10.3. The lowest BCUT2D eigenvalue weighted by Gasteiger charge is -2.21. The summed E-state index contributed by atoms with van der Waals surface area (Å²) in [6, 6.07) is 11.3. The number of rotatable bonds is 8. The lowest BCUT2D eigenvalue weighted by Crippen LogP contribution is -2.36. The zero-order chi connectivity index (χ0) is 21.0. The third-order valence-electron chi connectivity index (χ3n) is 5.22. The number of hydrogen-bond acceptors (Lipinski definition) is 3. The number of fused-ring (bicyclic) bond motifs is 1. The van der Waals surface area contributed by atoms with E-state index in [0.29, 0.717) is 13.2 Å². The van der Waals surface area contributed by atoms with Gasteiger partial charge in [0.25, 0.3) is 5.91 Å². The highest BCUT2D eigenvalue weighted by Gasteiger charge is 2.39. The third-order valence-corrected chi connectivity index (χ3v) is 5.22. The van der Waals surface area contributed by atoms with Crippen LogP contribution in [0.5, 0.6) is 5.75 Å². The zero-order valence-electron chi connectivity index (χ0n) is 17.7. The van der Waals surface area contributed by atoms with Gasteiger partial charge in [0.2, 0.25) is 5.91 Å². The van der Waals surface area contributed by atoms with Crippen LogP contribution in [0.25, 0.3) is 0 Å². The van der Waals surface area contributed by atoms with Gasteiger partial charge in [-0.2, -0.15) is 0 Å². The lowest BCUT2D eigenvalue weighted by atomic mass is 10.0. The second kappa shape index (κ2) is 9.12. The number of unbranched alkanes of at least 4 members (excludes halogenated alkanes) is 2. The molecule has 2 aromatic rings. The molecular formula is C24H30N2O3. The Balaban J connectivity index is 1.91. The first-order valence-corrected chi connectivity index (χ1v) is 10.3. The van der Waals surface area contributed by atoms with Crippen LogP contribution in [0.1, 0.15) is 61.4 Å². The number of carbonyl (C=O) groups excluding carboxylic acids is 2. The van der Waals surface area contributed by atoms with Crippen LogP contribution in [0.2, 0.25) is 0 Å². The fraction of sp³-hybridized carbons (Fsp3) is 0.417. The number of ether oxygens (including phenoxy) is 1. The number of hydrogen-bond donors (Lipinski definition) is 1. The van der Waals surface area contributed by atoms with Crippen molar-refractivity contribution < 1.29 is 14.3 Å². The van der Waals surface area contributed by atoms with E-state index in [9.17, 15) is 9.59 Å². The van der Waals surface area contributed by atoms with Gasteiger partial charge >= 0.3 is 0 Å². The molecule has 1 aliphatic rings. The van der Waals surface area contributed by atoms with E-state index in [1.54, 1.807) is 4.90 Å². The van der Waals surface area contributed by atoms with Crippen LogP contribution in [0.3, 0.4) is 0 Å². The topological polar surface area (TPSA) is 58.6 Å². The van der Waals surface area contributed by atoms with Gasteiger partial charge in [0.1, 0.15) is 11.8 Å². The third kappa shape index (κ3) is 4.61. The van der Waals surface area contributed by atoms with Crippen molar-refractivity contribution in [2.24, 2.45) is 0 Å². The highest BCUT2D eigenvalue weighted by molar-refractivity contribution is 6.06. The van der Waals surface area contributed by atoms with Crippen molar-refractivity contribution in [3.8, 4) is 5.75 Å². The number of nitrogens with zero attached hydrogens (tertiary/aromatic N) is 1. The summed E-state index contributed by atoms with van der Waals surface area (Å²) in [6.07, 6.45) is 3.30. The highest BCUT2D eigenvalue weighted by atomic mass is 16.5. The molecule has 2 aromatic carbocycles. The van der Waals surface area contributed by atoms with E-state index in [1.807, 2.05) is 44.2 Å². The first kappa shape index (κ1) is 20.9. The van der Waals surface area contributed by atoms with Gasteiger partial charge in [-0.1, -0.05) is 55.7 Å². The molecule has 5 heteroatoms. The summed E-state index contributed by atoms with van der Waals surface area (Å²) in [5, 5.41) is 2.82. The van der Waals surface area contributed by atoms with Gasteiger partial charge < -0.3 is 15.0 Å². The van der Waals surface area contributed by atoms with Crippen molar-refractivity contribution in [1.82, 2.24) is 5.32 Å². The van der Waals surface area contributed by atoms with Gasteiger partial charge in [0.05, 0.1) is 18.8 Å². The van der Waals surface area contributed by atoms with Gasteiger partial charge in [0.15, 0.2) is 0 Å². The first-order chi connectivity index (χ1) is 13.9. The number of nitrogens with one attached hydrogen (secondary N) is 1. The average molecular weight is 395 g/mol. The summed E-state index contributed by atoms with van der Waals surface area (Å²) < 4.78 is 6.01. The van der Waals surface area contributed by atoms with E-state index in [2.05, 4.69) is 18.3 Å². The van der Waals surface area contributed by atoms with E-state index in [-0.39, 0.29) is 11.8 Å². The number of para-hydroxylation sites is 1. The summed E-state index contributed by atoms with van der Waals surface area (Å²) >= 11 is 0. The molecule has 0 fully saturated rings. The molecule has 1 aliphatic heterocycles. The number of aryl methyl sites for hydroxylation is 2. The van der Waals surface area contributed by atoms with E-state index in [0.717, 1.165) is 53.0 Å². The molecule has 1 atom stereocenters. The molecule has 0 radical (unpaired) electrons. The summed E-state index contributed by atoms with van der Waals surface area (Å²) in [4.78, 5) is 26.7. The predicted octanol–water partition coefficient (Wildman–Crippen LogP) is 4.60. The minimum atomic E-state index is -0.640. The molecule has 0 spiro atoms. The van der Waals surface area contributed by atoms with Crippen LogP contribution in [0, 0.1) is 13.8 Å². The lowest BCUT2D eigenvalue weighted by molar-refractivity contribution is -0.126. The average Bonchev–Trinajstić information content (AvgIpc) is 2.92. The number of anilines is 1. The molecule has 0 aromatic heterocycles. The smallest absolute Gasteiger partial charge is 0.254 e. The molecule has 3 rings (SSSR count). The van der Waals surface area contributed by atoms with Gasteiger partial charge in [-0.25, -0.2) is 0 Å². The van der Waals surface area contributed by atoms with Crippen LogP contribution in [-0.2, 0) is 16.1 Å². The van der Waals surface area contributed by atoms with Gasteiger partial charge in [-0.05, 0) is 31.9 Å². The predicted molar refractivity (Wildman–Crippen MR) is 115 cm³/mol. The van der Waals surface area contributed by atoms with E-state index in [4.69, 9.17) is 4.74 Å². The standard InChI is InChI=1S/C24H30N2O3/c1-5-6-9-12-29-21-11-8-7-10-19(21)15-26-23-17(3)13-16(2)14-20(23)22(24(26)28)25-18(4)27/h7-8,10-11,13-14,22H,5-6,9,12,15H2,1-4H3,(H,25,27)/t22-/m1/s1. The Morgan fingerprint density at radius 1 is 1.17 bits per heavy atom. The van der Waals surface area contributed by atoms with Crippen LogP contribution >= 0.6 is 0 Å². The van der Waals surface area contributed by atoms with Crippen LogP contribution < -0.4 is 15.0 Å². The maximum absolute atomic E-state index is 13.2. The Morgan fingerprint density at radius 2 is 1.93 bits per heavy atom. The van der Waals surface area contributed by atoms with Crippen molar-refractivity contribution in [2.45, 2.75) is 59.5 Å². The Bertz CT molecular complexity index is 907. The van der Waals surface area contributed by atoms with Crippen LogP contribution in [0.4, 0.5) is 5.69 Å². The van der Waals surface area contributed by atoms with Crippen molar-refractivity contribution >= 4 is 17.5 Å². The molecule has 29 heavy (non-hydrogen) atoms.